The van der Waals surface area contributed by atoms with Gasteiger partial charge in [-0.15, -0.1) is 11.3 Å². The lowest BCUT2D eigenvalue weighted by molar-refractivity contribution is -0.485. The quantitative estimate of drug-likeness (QED) is 0.173. The summed E-state index contributed by atoms with van der Waals surface area (Å²) >= 11 is 6.92. The highest BCUT2D eigenvalue weighted by atomic mass is 35.5. The number of ether oxygens (including phenoxy) is 2. The molecule has 2 N–H and O–H groups in total. The first-order valence-corrected chi connectivity index (χ1v) is 11.4. The summed E-state index contributed by atoms with van der Waals surface area (Å²) in [5.74, 6) is -0.649. The number of aromatic nitrogens is 1. The van der Waals surface area contributed by atoms with Gasteiger partial charge in [-0.05, 0) is 31.9 Å². The van der Waals surface area contributed by atoms with E-state index >= 15 is 0 Å². The number of methoxy groups -OCH3 is 2. The SMILES string of the molecule is CN/C(=N\[N+](=O)[O-])NCc1cnc(Cl)s1.COCC(=O)N(c1c(C)cccc1C)[C@H](C)C(=O)OC. The van der Waals surface area contributed by atoms with E-state index in [0.717, 1.165) is 21.7 Å². The molecule has 1 amide bonds. The summed E-state index contributed by atoms with van der Waals surface area (Å²) in [4.78, 5) is 40.3. The molecule has 12 nitrogen and oxygen atoms in total. The van der Waals surface area contributed by atoms with Gasteiger partial charge < -0.3 is 20.1 Å². The number of nitrogens with one attached hydrogen (secondary N) is 2. The zero-order chi connectivity index (χ0) is 26.5. The molecule has 1 atom stereocenters. The fraction of sp³-hybridized carbons (Fsp3) is 0.429. The Hall–Kier alpha value is -3.29. The minimum Gasteiger partial charge on any atom is -0.467 e. The van der Waals surface area contributed by atoms with Crippen LogP contribution in [0.5, 0.6) is 0 Å². The van der Waals surface area contributed by atoms with Gasteiger partial charge in [0.05, 0.1) is 19.3 Å². The number of esters is 1. The van der Waals surface area contributed by atoms with E-state index < -0.39 is 17.0 Å². The van der Waals surface area contributed by atoms with Crippen molar-refractivity contribution >= 4 is 46.5 Å². The number of hydrogen-bond donors (Lipinski definition) is 2. The molecule has 0 spiro atoms. The number of guanidine groups is 1. The van der Waals surface area contributed by atoms with E-state index in [4.69, 9.17) is 21.1 Å². The molecule has 1 aromatic heterocycles. The summed E-state index contributed by atoms with van der Waals surface area (Å²) in [7, 11) is 4.29. The first-order valence-electron chi connectivity index (χ1n) is 10.3. The summed E-state index contributed by atoms with van der Waals surface area (Å²) in [6.07, 6.45) is 1.60. The van der Waals surface area contributed by atoms with Gasteiger partial charge in [0.25, 0.3) is 11.9 Å². The lowest BCUT2D eigenvalue weighted by Crippen LogP contribution is -2.46. The Morgan fingerprint density at radius 3 is 2.40 bits per heavy atom. The van der Waals surface area contributed by atoms with Gasteiger partial charge in [0.2, 0.25) is 0 Å². The highest BCUT2D eigenvalue weighted by molar-refractivity contribution is 7.15. The maximum Gasteiger partial charge on any atom is 0.328 e. The van der Waals surface area contributed by atoms with Crippen molar-refractivity contribution in [1.29, 1.82) is 0 Å². The number of thiazole rings is 1. The summed E-state index contributed by atoms with van der Waals surface area (Å²) in [5, 5.41) is 17.7. The average Bonchev–Trinajstić information content (AvgIpc) is 3.23. The van der Waals surface area contributed by atoms with E-state index in [9.17, 15) is 19.7 Å². The molecule has 0 fully saturated rings. The molecule has 35 heavy (non-hydrogen) atoms. The standard InChI is InChI=1S/C15H21NO4.C6H8ClN5O2S/c1-10-7-6-8-11(2)14(10)16(13(17)9-19-4)12(3)15(18)20-5;1-8-6(11-12(13)14)10-3-4-2-9-5(7)15-4/h6-8,12H,9H2,1-5H3;2H,3H2,1H3,(H2,8,10,11)/t12-;/m1./s1. The number of hydrazone groups is 1. The largest absolute Gasteiger partial charge is 0.467 e. The van der Waals surface area contributed by atoms with Crippen LogP contribution >= 0.6 is 22.9 Å². The second-order valence-electron chi connectivity index (χ2n) is 7.01. The number of nitro groups is 1. The Morgan fingerprint density at radius 2 is 1.94 bits per heavy atom. The minimum atomic E-state index is -0.779. The topological polar surface area (TPSA) is 148 Å². The van der Waals surface area contributed by atoms with Gasteiger partial charge in [0.1, 0.15) is 17.8 Å². The molecule has 0 unspecified atom stereocenters. The number of carbonyl (C=O) groups is 2. The number of rotatable bonds is 8. The van der Waals surface area contributed by atoms with E-state index in [1.165, 1.54) is 37.5 Å². The van der Waals surface area contributed by atoms with Crippen molar-refractivity contribution in [2.75, 3.05) is 32.8 Å². The average molecular weight is 529 g/mol. The molecular formula is C21H29ClN6O6S. The van der Waals surface area contributed by atoms with Crippen LogP contribution < -0.4 is 15.5 Å². The van der Waals surface area contributed by atoms with Crippen LogP contribution in [0.15, 0.2) is 29.5 Å². The van der Waals surface area contributed by atoms with Gasteiger partial charge >= 0.3 is 5.97 Å². The van der Waals surface area contributed by atoms with Crippen LogP contribution in [0, 0.1) is 24.0 Å². The van der Waals surface area contributed by atoms with E-state index in [1.54, 1.807) is 13.1 Å². The van der Waals surface area contributed by atoms with Crippen LogP contribution in [0.3, 0.4) is 0 Å². The normalized spacial score (nSPS) is 11.6. The lowest BCUT2D eigenvalue weighted by Gasteiger charge is -2.30. The zero-order valence-corrected chi connectivity index (χ0v) is 21.9. The van der Waals surface area contributed by atoms with Crippen LogP contribution in [-0.2, 0) is 25.6 Å². The van der Waals surface area contributed by atoms with Crippen LogP contribution in [0.1, 0.15) is 22.9 Å². The van der Waals surface area contributed by atoms with Crippen molar-refractivity contribution in [2.45, 2.75) is 33.4 Å². The van der Waals surface area contributed by atoms with Crippen LogP contribution in [-0.4, -0.2) is 61.8 Å². The van der Waals surface area contributed by atoms with Crippen molar-refractivity contribution in [3.63, 3.8) is 0 Å². The molecule has 0 bridgehead atoms. The molecule has 2 rings (SSSR count). The summed E-state index contributed by atoms with van der Waals surface area (Å²) < 4.78 is 10.1. The predicted molar refractivity (Wildman–Crippen MR) is 134 cm³/mol. The highest BCUT2D eigenvalue weighted by Crippen LogP contribution is 2.27. The minimum absolute atomic E-state index is 0.0875. The molecule has 0 aliphatic carbocycles. The predicted octanol–water partition coefficient (Wildman–Crippen LogP) is 2.50. The Balaban J connectivity index is 0.000000365. The molecule has 0 radical (unpaired) electrons. The number of halogens is 1. The molecule has 0 aliphatic rings. The molecule has 0 aliphatic heterocycles. The third kappa shape index (κ3) is 9.47. The number of anilines is 1. The van der Waals surface area contributed by atoms with Gasteiger partial charge in [-0.2, -0.15) is 0 Å². The summed E-state index contributed by atoms with van der Waals surface area (Å²) in [6, 6.07) is 5.01. The van der Waals surface area contributed by atoms with E-state index in [2.05, 4.69) is 20.7 Å². The van der Waals surface area contributed by atoms with Gasteiger partial charge in [-0.25, -0.2) is 19.9 Å². The number of para-hydroxylation sites is 1. The maximum absolute atomic E-state index is 12.3. The molecule has 0 saturated heterocycles. The second kappa shape index (κ2) is 14.9. The molecule has 192 valence electrons. The highest BCUT2D eigenvalue weighted by Gasteiger charge is 2.29. The van der Waals surface area contributed by atoms with Crippen molar-refractivity contribution in [1.82, 2.24) is 15.6 Å². The van der Waals surface area contributed by atoms with Crippen LogP contribution in [0.2, 0.25) is 4.47 Å². The van der Waals surface area contributed by atoms with Crippen molar-refractivity contribution in [2.24, 2.45) is 5.10 Å². The van der Waals surface area contributed by atoms with E-state index in [-0.39, 0.29) is 18.5 Å². The van der Waals surface area contributed by atoms with E-state index in [1.807, 2.05) is 32.0 Å². The number of benzene rings is 1. The Bertz CT molecular complexity index is 1030. The molecule has 0 saturated carbocycles. The molecule has 14 heteroatoms. The van der Waals surface area contributed by atoms with Gasteiger partial charge in [-0.3, -0.25) is 9.69 Å². The molecular weight excluding hydrogens is 500 g/mol. The van der Waals surface area contributed by atoms with E-state index in [0.29, 0.717) is 11.0 Å². The fourth-order valence-corrected chi connectivity index (χ4v) is 3.90. The Labute approximate surface area is 212 Å². The van der Waals surface area contributed by atoms with Crippen LogP contribution in [0.25, 0.3) is 0 Å². The fourth-order valence-electron chi connectivity index (χ4n) is 2.98. The summed E-state index contributed by atoms with van der Waals surface area (Å²) in [5.41, 5.74) is 2.57. The first kappa shape index (κ1) is 29.7. The second-order valence-corrected chi connectivity index (χ2v) is 8.70. The van der Waals surface area contributed by atoms with Crippen molar-refractivity contribution in [3.8, 4) is 0 Å². The van der Waals surface area contributed by atoms with Crippen molar-refractivity contribution in [3.05, 3.63) is 55.0 Å². The number of hydrogen-bond acceptors (Lipinski definition) is 8. The third-order valence-corrected chi connectivity index (χ3v) is 5.64. The lowest BCUT2D eigenvalue weighted by atomic mass is 10.1. The number of amides is 1. The van der Waals surface area contributed by atoms with Gasteiger partial charge in [-0.1, -0.05) is 29.8 Å². The van der Waals surface area contributed by atoms with Gasteiger partial charge in [0, 0.05) is 25.2 Å². The monoisotopic (exact) mass is 528 g/mol. The van der Waals surface area contributed by atoms with Crippen molar-refractivity contribution < 1.29 is 24.1 Å². The maximum atomic E-state index is 12.3. The number of aryl methyl sites for hydroxylation is 2. The number of carbonyl (C=O) groups excluding carboxylic acids is 2. The first-order chi connectivity index (χ1) is 16.5. The molecule has 2 aromatic rings. The zero-order valence-electron chi connectivity index (χ0n) is 20.3. The third-order valence-electron chi connectivity index (χ3n) is 4.52. The Kier molecular flexibility index (Phi) is 12.6. The van der Waals surface area contributed by atoms with Gasteiger partial charge in [0.15, 0.2) is 9.50 Å². The molecule has 1 heterocycles. The molecule has 1 aromatic carbocycles. The summed E-state index contributed by atoms with van der Waals surface area (Å²) in [6.45, 7) is 5.75. The Morgan fingerprint density at radius 1 is 1.31 bits per heavy atom. The number of nitrogens with zero attached hydrogens (tertiary/aromatic N) is 4. The smallest absolute Gasteiger partial charge is 0.328 e. The van der Waals surface area contributed by atoms with Crippen LogP contribution in [0.4, 0.5) is 5.69 Å².